The Kier molecular flexibility index (Phi) is 3.73. The van der Waals surface area contributed by atoms with Gasteiger partial charge in [0.15, 0.2) is 9.84 Å². The van der Waals surface area contributed by atoms with Crippen LogP contribution in [0.25, 0.3) is 0 Å². The molecular formula is C11H12F3NO3S. The van der Waals surface area contributed by atoms with Crippen LogP contribution in [0.2, 0.25) is 0 Å². The number of sulfone groups is 1. The summed E-state index contributed by atoms with van der Waals surface area (Å²) in [6.45, 7) is 0.341. The van der Waals surface area contributed by atoms with Gasteiger partial charge in [-0.25, -0.2) is 8.42 Å². The molecule has 19 heavy (non-hydrogen) atoms. The first-order valence-electron chi connectivity index (χ1n) is 5.55. The maximum atomic E-state index is 12.0. The molecule has 1 aromatic rings. The molecule has 0 saturated carbocycles. The van der Waals surface area contributed by atoms with Crippen molar-refractivity contribution in [1.29, 1.82) is 0 Å². The monoisotopic (exact) mass is 295 g/mol. The van der Waals surface area contributed by atoms with Crippen LogP contribution < -0.4 is 10.1 Å². The van der Waals surface area contributed by atoms with E-state index in [1.54, 1.807) is 0 Å². The molecule has 1 aliphatic rings. The van der Waals surface area contributed by atoms with E-state index in [-0.39, 0.29) is 17.3 Å². The number of nitrogens with one attached hydrogen (secondary N) is 1. The van der Waals surface area contributed by atoms with Gasteiger partial charge in [-0.3, -0.25) is 0 Å². The summed E-state index contributed by atoms with van der Waals surface area (Å²) < 4.78 is 62.7. The number of rotatable bonds is 2. The zero-order valence-electron chi connectivity index (χ0n) is 9.77. The predicted octanol–water partition coefficient (Wildman–Crippen LogP) is 1.64. The molecule has 1 heterocycles. The van der Waals surface area contributed by atoms with Crippen LogP contribution in [-0.4, -0.2) is 32.8 Å². The van der Waals surface area contributed by atoms with E-state index in [1.807, 2.05) is 0 Å². The molecule has 8 heteroatoms. The minimum absolute atomic E-state index is 0.0491. The first-order valence-corrected chi connectivity index (χ1v) is 7.37. The van der Waals surface area contributed by atoms with Crippen LogP contribution in [0.4, 0.5) is 13.2 Å². The molecular weight excluding hydrogens is 283 g/mol. The molecule has 0 bridgehead atoms. The Hall–Kier alpha value is -1.28. The van der Waals surface area contributed by atoms with Gasteiger partial charge in [0.05, 0.1) is 11.5 Å². The average Bonchev–Trinajstić information content (AvgIpc) is 2.26. The van der Waals surface area contributed by atoms with Crippen LogP contribution in [0.5, 0.6) is 5.75 Å². The fraction of sp³-hybridized carbons (Fsp3) is 0.455. The Bertz CT molecular complexity index is 539. The van der Waals surface area contributed by atoms with Gasteiger partial charge in [-0.05, 0) is 17.7 Å². The maximum absolute atomic E-state index is 12.0. The SMILES string of the molecule is O=S1(=O)CCNC(c2ccc(OC(F)(F)F)cc2)C1. The number of hydrogen-bond donors (Lipinski definition) is 1. The van der Waals surface area contributed by atoms with Gasteiger partial charge in [0.2, 0.25) is 0 Å². The summed E-state index contributed by atoms with van der Waals surface area (Å²) in [4.78, 5) is 0. The van der Waals surface area contributed by atoms with E-state index < -0.39 is 22.2 Å². The molecule has 1 aromatic carbocycles. The molecule has 0 spiro atoms. The van der Waals surface area contributed by atoms with Crippen molar-refractivity contribution in [3.05, 3.63) is 29.8 Å². The Morgan fingerprint density at radius 2 is 1.84 bits per heavy atom. The van der Waals surface area contributed by atoms with E-state index in [1.165, 1.54) is 24.3 Å². The molecule has 0 aromatic heterocycles. The summed E-state index contributed by atoms with van der Waals surface area (Å²) in [6, 6.07) is 4.81. The predicted molar refractivity (Wildman–Crippen MR) is 62.5 cm³/mol. The van der Waals surface area contributed by atoms with Crippen molar-refractivity contribution in [3.8, 4) is 5.75 Å². The molecule has 106 valence electrons. The Labute approximate surface area is 108 Å². The molecule has 0 aliphatic carbocycles. The van der Waals surface area contributed by atoms with Gasteiger partial charge in [-0.2, -0.15) is 0 Å². The third-order valence-electron chi connectivity index (χ3n) is 2.74. The normalized spacial score (nSPS) is 23.0. The maximum Gasteiger partial charge on any atom is 0.573 e. The fourth-order valence-corrected chi connectivity index (χ4v) is 3.31. The van der Waals surface area contributed by atoms with Gasteiger partial charge in [0.1, 0.15) is 5.75 Å². The van der Waals surface area contributed by atoms with Crippen LogP contribution in [-0.2, 0) is 9.84 Å². The Morgan fingerprint density at radius 3 is 2.37 bits per heavy atom. The molecule has 0 amide bonds. The molecule has 0 radical (unpaired) electrons. The van der Waals surface area contributed by atoms with Gasteiger partial charge >= 0.3 is 6.36 Å². The second-order valence-electron chi connectivity index (χ2n) is 4.24. The van der Waals surface area contributed by atoms with E-state index in [9.17, 15) is 21.6 Å². The molecule has 1 fully saturated rings. The van der Waals surface area contributed by atoms with Gasteiger partial charge in [0, 0.05) is 12.6 Å². The summed E-state index contributed by atoms with van der Waals surface area (Å²) in [7, 11) is -3.09. The van der Waals surface area contributed by atoms with E-state index in [0.717, 1.165) is 0 Å². The smallest absolute Gasteiger partial charge is 0.406 e. The lowest BCUT2D eigenvalue weighted by Gasteiger charge is -2.24. The highest BCUT2D eigenvalue weighted by Crippen LogP contribution is 2.25. The van der Waals surface area contributed by atoms with Crippen LogP contribution >= 0.6 is 0 Å². The standard InChI is InChI=1S/C11H12F3NO3S/c12-11(13,14)18-9-3-1-8(2-4-9)10-7-19(16,17)6-5-15-10/h1-4,10,15H,5-7H2. The van der Waals surface area contributed by atoms with Gasteiger partial charge in [0.25, 0.3) is 0 Å². The third-order valence-corrected chi connectivity index (χ3v) is 4.41. The lowest BCUT2D eigenvalue weighted by atomic mass is 10.1. The molecule has 4 nitrogen and oxygen atoms in total. The highest BCUT2D eigenvalue weighted by Gasteiger charge is 2.31. The summed E-state index contributed by atoms with van der Waals surface area (Å²) in [5.41, 5.74) is 0.623. The molecule has 1 unspecified atom stereocenters. The quantitative estimate of drug-likeness (QED) is 0.901. The van der Waals surface area contributed by atoms with Gasteiger partial charge in [-0.15, -0.1) is 13.2 Å². The minimum Gasteiger partial charge on any atom is -0.406 e. The molecule has 1 N–H and O–H groups in total. The van der Waals surface area contributed by atoms with E-state index in [0.29, 0.717) is 12.1 Å². The molecule has 2 rings (SSSR count). The summed E-state index contributed by atoms with van der Waals surface area (Å²) in [5.74, 6) is -0.291. The minimum atomic E-state index is -4.73. The van der Waals surface area contributed by atoms with Crippen molar-refractivity contribution in [2.45, 2.75) is 12.4 Å². The number of alkyl halides is 3. The highest BCUT2D eigenvalue weighted by molar-refractivity contribution is 7.91. The first kappa shape index (κ1) is 14.1. The van der Waals surface area contributed by atoms with Gasteiger partial charge < -0.3 is 10.1 Å². The van der Waals surface area contributed by atoms with Crippen molar-refractivity contribution in [2.24, 2.45) is 0 Å². The second kappa shape index (κ2) is 5.01. The summed E-state index contributed by atoms with van der Waals surface area (Å²) in [5, 5.41) is 3.02. The van der Waals surface area contributed by atoms with Gasteiger partial charge in [-0.1, -0.05) is 12.1 Å². The highest BCUT2D eigenvalue weighted by atomic mass is 32.2. The lowest BCUT2D eigenvalue weighted by Crippen LogP contribution is -2.39. The Balaban J connectivity index is 2.10. The molecule has 1 aliphatic heterocycles. The zero-order valence-corrected chi connectivity index (χ0v) is 10.6. The number of halogens is 3. The van der Waals surface area contributed by atoms with Crippen molar-refractivity contribution in [1.82, 2.24) is 5.32 Å². The second-order valence-corrected chi connectivity index (χ2v) is 6.47. The Morgan fingerprint density at radius 1 is 1.21 bits per heavy atom. The number of benzene rings is 1. The van der Waals surface area contributed by atoms with Crippen LogP contribution in [0.3, 0.4) is 0 Å². The van der Waals surface area contributed by atoms with Crippen LogP contribution in [0.1, 0.15) is 11.6 Å². The van der Waals surface area contributed by atoms with E-state index in [2.05, 4.69) is 10.1 Å². The topological polar surface area (TPSA) is 55.4 Å². The zero-order chi connectivity index (χ0) is 14.1. The summed E-state index contributed by atoms with van der Waals surface area (Å²) in [6.07, 6.45) is -4.73. The fourth-order valence-electron chi connectivity index (χ4n) is 1.90. The summed E-state index contributed by atoms with van der Waals surface area (Å²) >= 11 is 0. The average molecular weight is 295 g/mol. The largest absolute Gasteiger partial charge is 0.573 e. The van der Waals surface area contributed by atoms with Crippen molar-refractivity contribution >= 4 is 9.84 Å². The van der Waals surface area contributed by atoms with E-state index in [4.69, 9.17) is 0 Å². The number of hydrogen-bond acceptors (Lipinski definition) is 4. The van der Waals surface area contributed by atoms with Crippen LogP contribution in [0, 0.1) is 0 Å². The van der Waals surface area contributed by atoms with Crippen molar-refractivity contribution in [2.75, 3.05) is 18.1 Å². The van der Waals surface area contributed by atoms with Crippen LogP contribution in [0.15, 0.2) is 24.3 Å². The molecule has 1 atom stereocenters. The van der Waals surface area contributed by atoms with Crippen molar-refractivity contribution in [3.63, 3.8) is 0 Å². The van der Waals surface area contributed by atoms with E-state index >= 15 is 0 Å². The lowest BCUT2D eigenvalue weighted by molar-refractivity contribution is -0.274. The van der Waals surface area contributed by atoms with Crippen molar-refractivity contribution < 1.29 is 26.3 Å². The third kappa shape index (κ3) is 4.10. The first-order chi connectivity index (χ1) is 8.75. The molecule has 1 saturated heterocycles. The number of ether oxygens (including phenoxy) is 1.